The molecule has 1 heterocycles. The summed E-state index contributed by atoms with van der Waals surface area (Å²) in [6.45, 7) is 1.94. The van der Waals surface area contributed by atoms with E-state index in [4.69, 9.17) is 10.4 Å². The predicted octanol–water partition coefficient (Wildman–Crippen LogP) is 3.29. The minimum atomic E-state index is -0.921. The molecule has 0 amide bonds. The molecule has 0 spiro atoms. The van der Waals surface area contributed by atoms with Gasteiger partial charge in [-0.1, -0.05) is 6.07 Å². The predicted molar refractivity (Wildman–Crippen MR) is 66.2 cm³/mol. The van der Waals surface area contributed by atoms with Crippen LogP contribution in [0.5, 0.6) is 0 Å². The summed E-state index contributed by atoms with van der Waals surface area (Å²) in [6, 6.07) is 10.8. The van der Waals surface area contributed by atoms with E-state index in [1.807, 2.05) is 13.0 Å². The zero-order valence-electron chi connectivity index (χ0n) is 9.10. The lowest BCUT2D eigenvalue weighted by Crippen LogP contribution is -1.89. The van der Waals surface area contributed by atoms with Gasteiger partial charge in [-0.3, -0.25) is 0 Å². The lowest BCUT2D eigenvalue weighted by molar-refractivity contribution is 0.0702. The average Bonchev–Trinajstić information content (AvgIpc) is 2.79. The van der Waals surface area contributed by atoms with E-state index in [0.29, 0.717) is 10.4 Å². The fraction of sp³-hybridized carbons (Fsp3) is 0.0769. The lowest BCUT2D eigenvalue weighted by atomic mass is 10.0. The van der Waals surface area contributed by atoms with Crippen molar-refractivity contribution >= 4 is 17.3 Å². The van der Waals surface area contributed by atoms with Crippen LogP contribution in [0.1, 0.15) is 20.8 Å². The van der Waals surface area contributed by atoms with Crippen LogP contribution in [0.3, 0.4) is 0 Å². The van der Waals surface area contributed by atoms with E-state index < -0.39 is 5.97 Å². The first-order chi connectivity index (χ1) is 8.11. The maximum absolute atomic E-state index is 10.8. The molecule has 84 valence electrons. The van der Waals surface area contributed by atoms with Crippen LogP contribution in [0.25, 0.3) is 10.4 Å². The van der Waals surface area contributed by atoms with E-state index >= 15 is 0 Å². The molecule has 17 heavy (non-hydrogen) atoms. The topological polar surface area (TPSA) is 61.1 Å². The van der Waals surface area contributed by atoms with Gasteiger partial charge in [0.15, 0.2) is 0 Å². The highest BCUT2D eigenvalue weighted by Gasteiger charge is 2.10. The van der Waals surface area contributed by atoms with Gasteiger partial charge in [0.25, 0.3) is 0 Å². The molecule has 0 fully saturated rings. The van der Waals surface area contributed by atoms with Gasteiger partial charge in [-0.05, 0) is 42.3 Å². The third-order valence-corrected chi connectivity index (χ3v) is 3.56. The summed E-state index contributed by atoms with van der Waals surface area (Å²) in [4.78, 5) is 12.0. The maximum atomic E-state index is 10.8. The van der Waals surface area contributed by atoms with Crippen LogP contribution in [-0.4, -0.2) is 11.1 Å². The van der Waals surface area contributed by atoms with Crippen LogP contribution < -0.4 is 0 Å². The largest absolute Gasteiger partial charge is 0.477 e. The molecule has 2 aromatic rings. The molecule has 0 saturated heterocycles. The molecule has 1 aromatic carbocycles. The van der Waals surface area contributed by atoms with Crippen molar-refractivity contribution in [2.24, 2.45) is 0 Å². The molecular weight excluding hydrogens is 234 g/mol. The number of hydrogen-bond donors (Lipinski definition) is 1. The van der Waals surface area contributed by atoms with Crippen LogP contribution >= 0.6 is 11.3 Å². The van der Waals surface area contributed by atoms with Gasteiger partial charge in [-0.2, -0.15) is 5.26 Å². The van der Waals surface area contributed by atoms with Crippen molar-refractivity contribution < 1.29 is 9.90 Å². The molecule has 1 N–H and O–H groups in total. The number of carbonyl (C=O) groups is 1. The van der Waals surface area contributed by atoms with Crippen LogP contribution in [0, 0.1) is 18.3 Å². The highest BCUT2D eigenvalue weighted by molar-refractivity contribution is 7.17. The number of rotatable bonds is 2. The number of benzene rings is 1. The Morgan fingerprint density at radius 1 is 1.35 bits per heavy atom. The van der Waals surface area contributed by atoms with E-state index in [9.17, 15) is 4.79 Å². The molecule has 0 aliphatic carbocycles. The van der Waals surface area contributed by atoms with Crippen molar-refractivity contribution in [3.63, 3.8) is 0 Å². The average molecular weight is 243 g/mol. The van der Waals surface area contributed by atoms with Gasteiger partial charge in [-0.15, -0.1) is 11.3 Å². The summed E-state index contributed by atoms with van der Waals surface area (Å²) in [7, 11) is 0. The van der Waals surface area contributed by atoms with Crippen molar-refractivity contribution in [1.29, 1.82) is 5.26 Å². The SMILES string of the molecule is Cc1ccc(C#N)cc1-c1ccc(C(=O)O)s1. The third-order valence-electron chi connectivity index (χ3n) is 2.45. The van der Waals surface area contributed by atoms with E-state index in [1.165, 1.54) is 11.3 Å². The number of carboxylic acid groups (broad SMARTS) is 1. The minimum absolute atomic E-state index is 0.307. The number of aryl methyl sites for hydroxylation is 1. The fourth-order valence-electron chi connectivity index (χ4n) is 1.55. The number of nitriles is 1. The zero-order valence-corrected chi connectivity index (χ0v) is 9.91. The standard InChI is InChI=1S/C13H9NO2S/c1-8-2-3-9(7-14)6-10(8)11-4-5-12(17-11)13(15)16/h2-6H,1H3,(H,15,16). The summed E-state index contributed by atoms with van der Waals surface area (Å²) < 4.78 is 0. The summed E-state index contributed by atoms with van der Waals surface area (Å²) in [6.07, 6.45) is 0. The van der Waals surface area contributed by atoms with Gasteiger partial charge in [0, 0.05) is 4.88 Å². The van der Waals surface area contributed by atoms with Gasteiger partial charge < -0.3 is 5.11 Å². The van der Waals surface area contributed by atoms with Crippen LogP contribution in [-0.2, 0) is 0 Å². The molecule has 2 rings (SSSR count). The number of nitrogens with zero attached hydrogens (tertiary/aromatic N) is 1. The Morgan fingerprint density at radius 3 is 2.71 bits per heavy atom. The minimum Gasteiger partial charge on any atom is -0.477 e. The fourth-order valence-corrected chi connectivity index (χ4v) is 2.48. The van der Waals surface area contributed by atoms with Crippen molar-refractivity contribution in [1.82, 2.24) is 0 Å². The first-order valence-corrected chi connectivity index (χ1v) is 5.77. The normalized spacial score (nSPS) is 9.88. The maximum Gasteiger partial charge on any atom is 0.345 e. The summed E-state index contributed by atoms with van der Waals surface area (Å²) in [5.74, 6) is -0.921. The molecule has 1 aromatic heterocycles. The molecule has 3 nitrogen and oxygen atoms in total. The molecular formula is C13H9NO2S. The first kappa shape index (κ1) is 11.4. The summed E-state index contributed by atoms with van der Waals surface area (Å²) in [5, 5.41) is 17.7. The molecule has 0 unspecified atom stereocenters. The molecule has 0 aliphatic rings. The van der Waals surface area contributed by atoms with Gasteiger partial charge in [0.05, 0.1) is 11.6 Å². The molecule has 0 radical (unpaired) electrons. The summed E-state index contributed by atoms with van der Waals surface area (Å²) >= 11 is 1.22. The van der Waals surface area contributed by atoms with Crippen LogP contribution in [0.15, 0.2) is 30.3 Å². The van der Waals surface area contributed by atoms with Crippen molar-refractivity contribution in [2.75, 3.05) is 0 Å². The second kappa shape index (κ2) is 4.40. The number of thiophene rings is 1. The number of carboxylic acids is 1. The van der Waals surface area contributed by atoms with Gasteiger partial charge in [-0.25, -0.2) is 4.79 Å². The van der Waals surface area contributed by atoms with Crippen LogP contribution in [0.2, 0.25) is 0 Å². The van der Waals surface area contributed by atoms with E-state index in [0.717, 1.165) is 16.0 Å². The van der Waals surface area contributed by atoms with Crippen molar-refractivity contribution in [3.05, 3.63) is 46.3 Å². The Morgan fingerprint density at radius 2 is 2.12 bits per heavy atom. The number of aromatic carboxylic acids is 1. The molecule has 0 atom stereocenters. The Labute approximate surface area is 103 Å². The Balaban J connectivity index is 2.52. The van der Waals surface area contributed by atoms with Gasteiger partial charge in [0.2, 0.25) is 0 Å². The second-order valence-corrected chi connectivity index (χ2v) is 4.69. The van der Waals surface area contributed by atoms with Gasteiger partial charge in [0.1, 0.15) is 4.88 Å². The summed E-state index contributed by atoms with van der Waals surface area (Å²) in [5.41, 5.74) is 2.53. The highest BCUT2D eigenvalue weighted by atomic mass is 32.1. The Bertz CT molecular complexity index is 623. The van der Waals surface area contributed by atoms with Gasteiger partial charge >= 0.3 is 5.97 Å². The second-order valence-electron chi connectivity index (χ2n) is 3.61. The van der Waals surface area contributed by atoms with E-state index in [2.05, 4.69) is 6.07 Å². The lowest BCUT2D eigenvalue weighted by Gasteiger charge is -2.02. The molecule has 0 bridgehead atoms. The molecule has 0 aliphatic heterocycles. The van der Waals surface area contributed by atoms with E-state index in [-0.39, 0.29) is 0 Å². The zero-order chi connectivity index (χ0) is 12.4. The van der Waals surface area contributed by atoms with E-state index in [1.54, 1.807) is 24.3 Å². The Hall–Kier alpha value is -2.12. The molecule has 0 saturated carbocycles. The number of hydrogen-bond acceptors (Lipinski definition) is 3. The quantitative estimate of drug-likeness (QED) is 0.880. The van der Waals surface area contributed by atoms with Crippen LogP contribution in [0.4, 0.5) is 0 Å². The monoisotopic (exact) mass is 243 g/mol. The third kappa shape index (κ3) is 2.19. The Kier molecular flexibility index (Phi) is 2.94. The highest BCUT2D eigenvalue weighted by Crippen LogP contribution is 2.31. The first-order valence-electron chi connectivity index (χ1n) is 4.96. The smallest absolute Gasteiger partial charge is 0.345 e. The molecule has 4 heteroatoms. The van der Waals surface area contributed by atoms with Crippen molar-refractivity contribution in [3.8, 4) is 16.5 Å². The van der Waals surface area contributed by atoms with Crippen molar-refractivity contribution in [2.45, 2.75) is 6.92 Å².